The minimum atomic E-state index is 0.597. The Hall–Kier alpha value is -0.910. The number of aromatic nitrogens is 2. The minimum absolute atomic E-state index is 0.597. The van der Waals surface area contributed by atoms with Crippen LogP contribution in [0.25, 0.3) is 0 Å². The lowest BCUT2D eigenvalue weighted by Gasteiger charge is -2.23. The molecule has 2 fully saturated rings. The summed E-state index contributed by atoms with van der Waals surface area (Å²) < 4.78 is 7.82. The highest BCUT2D eigenvalue weighted by Crippen LogP contribution is 2.31. The molecule has 5 nitrogen and oxygen atoms in total. The Bertz CT molecular complexity index is 491. The summed E-state index contributed by atoms with van der Waals surface area (Å²) in [6.07, 6.45) is 8.44. The average Bonchev–Trinajstić information content (AvgIpc) is 3.32. The highest BCUT2D eigenvalue weighted by Gasteiger charge is 2.26. The van der Waals surface area contributed by atoms with Crippen LogP contribution in [-0.2, 0) is 24.4 Å². The SMILES string of the molecule is c1nc(CNC2CCOCC2)c2n1CCCN(CC1CC1)C2. The van der Waals surface area contributed by atoms with Crippen LogP contribution in [0.4, 0.5) is 0 Å². The van der Waals surface area contributed by atoms with E-state index in [1.807, 2.05) is 0 Å². The van der Waals surface area contributed by atoms with Crippen molar-refractivity contribution in [3.05, 3.63) is 17.7 Å². The zero-order chi connectivity index (χ0) is 14.8. The van der Waals surface area contributed by atoms with Gasteiger partial charge in [-0.25, -0.2) is 4.98 Å². The van der Waals surface area contributed by atoms with Crippen molar-refractivity contribution in [2.75, 3.05) is 26.3 Å². The Kier molecular flexibility index (Phi) is 4.46. The molecule has 4 rings (SSSR count). The van der Waals surface area contributed by atoms with E-state index in [1.165, 1.54) is 43.7 Å². The fourth-order valence-corrected chi connectivity index (χ4v) is 3.69. The number of ether oxygens (including phenoxy) is 1. The van der Waals surface area contributed by atoms with Crippen LogP contribution in [0.2, 0.25) is 0 Å². The molecule has 5 heteroatoms. The minimum Gasteiger partial charge on any atom is -0.381 e. The van der Waals surface area contributed by atoms with Crippen molar-refractivity contribution in [2.24, 2.45) is 5.92 Å². The molecule has 22 heavy (non-hydrogen) atoms. The Morgan fingerprint density at radius 1 is 1.18 bits per heavy atom. The van der Waals surface area contributed by atoms with Crippen LogP contribution in [0, 0.1) is 5.92 Å². The highest BCUT2D eigenvalue weighted by atomic mass is 16.5. The fraction of sp³-hybridized carbons (Fsp3) is 0.824. The number of imidazole rings is 1. The third kappa shape index (κ3) is 3.53. The van der Waals surface area contributed by atoms with Crippen molar-refractivity contribution >= 4 is 0 Å². The molecule has 0 radical (unpaired) electrons. The van der Waals surface area contributed by atoms with Crippen LogP contribution in [0.5, 0.6) is 0 Å². The zero-order valence-electron chi connectivity index (χ0n) is 13.5. The first-order chi connectivity index (χ1) is 10.9. The number of nitrogens with zero attached hydrogens (tertiary/aromatic N) is 3. The number of hydrogen-bond donors (Lipinski definition) is 1. The van der Waals surface area contributed by atoms with Crippen molar-refractivity contribution in [1.82, 2.24) is 19.8 Å². The van der Waals surface area contributed by atoms with Crippen LogP contribution < -0.4 is 5.32 Å². The van der Waals surface area contributed by atoms with E-state index in [4.69, 9.17) is 9.72 Å². The lowest BCUT2D eigenvalue weighted by atomic mass is 10.1. The van der Waals surface area contributed by atoms with Crippen molar-refractivity contribution in [3.8, 4) is 0 Å². The second-order valence-corrected chi connectivity index (χ2v) is 7.13. The zero-order valence-corrected chi connectivity index (χ0v) is 13.5. The molecule has 0 spiro atoms. The predicted octanol–water partition coefficient (Wildman–Crippen LogP) is 1.77. The maximum atomic E-state index is 5.43. The predicted molar refractivity (Wildman–Crippen MR) is 85.5 cm³/mol. The number of rotatable bonds is 5. The number of fused-ring (bicyclic) bond motifs is 1. The van der Waals surface area contributed by atoms with Crippen LogP contribution in [0.1, 0.15) is 43.5 Å². The molecule has 1 aromatic heterocycles. The molecule has 2 aliphatic heterocycles. The Morgan fingerprint density at radius 2 is 2.05 bits per heavy atom. The van der Waals surface area contributed by atoms with E-state index in [1.54, 1.807) is 0 Å². The summed E-state index contributed by atoms with van der Waals surface area (Å²) >= 11 is 0. The van der Waals surface area contributed by atoms with Gasteiger partial charge in [0.2, 0.25) is 0 Å². The average molecular weight is 304 g/mol. The third-order valence-electron chi connectivity index (χ3n) is 5.27. The van der Waals surface area contributed by atoms with E-state index in [-0.39, 0.29) is 0 Å². The third-order valence-corrected chi connectivity index (χ3v) is 5.27. The molecule has 0 unspecified atom stereocenters. The number of hydrogen-bond acceptors (Lipinski definition) is 4. The normalized spacial score (nSPS) is 24.2. The van der Waals surface area contributed by atoms with Crippen LogP contribution >= 0.6 is 0 Å². The largest absolute Gasteiger partial charge is 0.381 e. The molecule has 0 amide bonds. The summed E-state index contributed by atoms with van der Waals surface area (Å²) in [5, 5.41) is 3.69. The molecule has 122 valence electrons. The highest BCUT2D eigenvalue weighted by molar-refractivity contribution is 5.14. The van der Waals surface area contributed by atoms with E-state index in [9.17, 15) is 0 Å². The maximum Gasteiger partial charge on any atom is 0.0952 e. The number of nitrogens with one attached hydrogen (secondary N) is 1. The molecule has 1 saturated carbocycles. The summed E-state index contributed by atoms with van der Waals surface area (Å²) in [5.41, 5.74) is 2.70. The van der Waals surface area contributed by atoms with E-state index in [2.05, 4.69) is 21.1 Å². The molecule has 1 saturated heterocycles. The summed E-state index contributed by atoms with van der Waals surface area (Å²) in [4.78, 5) is 7.34. The molecule has 0 bridgehead atoms. The molecule has 1 aliphatic carbocycles. The second-order valence-electron chi connectivity index (χ2n) is 7.13. The monoisotopic (exact) mass is 304 g/mol. The van der Waals surface area contributed by atoms with Gasteiger partial charge in [-0.1, -0.05) is 0 Å². The quantitative estimate of drug-likeness (QED) is 0.900. The van der Waals surface area contributed by atoms with E-state index < -0.39 is 0 Å². The van der Waals surface area contributed by atoms with Gasteiger partial charge in [0, 0.05) is 52.0 Å². The van der Waals surface area contributed by atoms with Crippen molar-refractivity contribution in [1.29, 1.82) is 0 Å². The van der Waals surface area contributed by atoms with Gasteiger partial charge in [0.1, 0.15) is 0 Å². The standard InChI is InChI=1S/C17H28N4O/c1-6-20(11-14-2-3-14)12-17-16(19-13-21(17)7-1)10-18-15-4-8-22-9-5-15/h13-15,18H,1-12H2. The van der Waals surface area contributed by atoms with Crippen LogP contribution in [0.3, 0.4) is 0 Å². The Balaban J connectivity index is 1.39. The van der Waals surface area contributed by atoms with Gasteiger partial charge in [-0.05, 0) is 38.0 Å². The van der Waals surface area contributed by atoms with E-state index >= 15 is 0 Å². The van der Waals surface area contributed by atoms with Crippen LogP contribution in [0.15, 0.2) is 6.33 Å². The van der Waals surface area contributed by atoms with Gasteiger partial charge in [-0.3, -0.25) is 4.90 Å². The summed E-state index contributed by atoms with van der Waals surface area (Å²) in [6, 6.07) is 0.597. The van der Waals surface area contributed by atoms with Gasteiger partial charge in [0.25, 0.3) is 0 Å². The first-order valence-electron chi connectivity index (χ1n) is 8.95. The Morgan fingerprint density at radius 3 is 2.86 bits per heavy atom. The second kappa shape index (κ2) is 6.69. The van der Waals surface area contributed by atoms with Crippen LogP contribution in [-0.4, -0.2) is 46.8 Å². The lowest BCUT2D eigenvalue weighted by Crippen LogP contribution is -2.35. The maximum absolute atomic E-state index is 5.43. The molecule has 1 N–H and O–H groups in total. The van der Waals surface area contributed by atoms with Crippen molar-refractivity contribution < 1.29 is 4.74 Å². The van der Waals surface area contributed by atoms with Crippen molar-refractivity contribution in [3.63, 3.8) is 0 Å². The van der Waals surface area contributed by atoms with Gasteiger partial charge in [0.05, 0.1) is 17.7 Å². The summed E-state index contributed by atoms with van der Waals surface area (Å²) in [5.74, 6) is 0.971. The molecule has 3 aliphatic rings. The first-order valence-corrected chi connectivity index (χ1v) is 8.95. The lowest BCUT2D eigenvalue weighted by molar-refractivity contribution is 0.0775. The smallest absolute Gasteiger partial charge is 0.0952 e. The van der Waals surface area contributed by atoms with Crippen molar-refractivity contribution in [2.45, 2.75) is 57.8 Å². The Labute approximate surface area is 133 Å². The topological polar surface area (TPSA) is 42.3 Å². The summed E-state index contributed by atoms with van der Waals surface area (Å²) in [6.45, 7) is 7.44. The first kappa shape index (κ1) is 14.7. The molecule has 1 aromatic rings. The molecular weight excluding hydrogens is 276 g/mol. The van der Waals surface area contributed by atoms with Gasteiger partial charge in [-0.2, -0.15) is 0 Å². The van der Waals surface area contributed by atoms with Gasteiger partial charge >= 0.3 is 0 Å². The van der Waals surface area contributed by atoms with Gasteiger partial charge < -0.3 is 14.6 Å². The van der Waals surface area contributed by atoms with E-state index in [0.717, 1.165) is 51.6 Å². The molecule has 0 aromatic carbocycles. The summed E-state index contributed by atoms with van der Waals surface area (Å²) in [7, 11) is 0. The van der Waals surface area contributed by atoms with E-state index in [0.29, 0.717) is 6.04 Å². The molecule has 0 atom stereocenters. The fourth-order valence-electron chi connectivity index (χ4n) is 3.69. The number of aryl methyl sites for hydroxylation is 1. The van der Waals surface area contributed by atoms with Gasteiger partial charge in [0.15, 0.2) is 0 Å². The molecular formula is C17H28N4O. The molecule has 3 heterocycles. The van der Waals surface area contributed by atoms with Gasteiger partial charge in [-0.15, -0.1) is 0 Å².